The first kappa shape index (κ1) is 20.2. The number of Topliss-reactive ketones (excluding diaryl/α,β-unsaturated/α-hetero) is 1. The van der Waals surface area contributed by atoms with Crippen molar-refractivity contribution in [2.45, 2.75) is 84.3 Å². The zero-order valence-electron chi connectivity index (χ0n) is 18.2. The Hall–Kier alpha value is -1.76. The molecule has 0 N–H and O–H groups in total. The molecule has 8 atom stereocenters. The van der Waals surface area contributed by atoms with Gasteiger partial charge in [-0.05, 0) is 44.6 Å². The average molecular weight is 420 g/mol. The summed E-state index contributed by atoms with van der Waals surface area (Å²) in [5.74, 6) is -1.20. The van der Waals surface area contributed by atoms with E-state index >= 15 is 4.39 Å². The SMILES string of the molecule is CC(=O)O[C@H]1C(=O)[C@]2(C)C(F)C[C@H]3OC[C@@]3(OC(C)=O)C23C[C@@H]2CCC(C)=C1[C@@]23C. The topological polar surface area (TPSA) is 78.9 Å². The van der Waals surface area contributed by atoms with Crippen LogP contribution in [0, 0.1) is 22.2 Å². The molecule has 5 rings (SSSR count). The number of hydrogen-bond donors (Lipinski definition) is 0. The molecule has 30 heavy (non-hydrogen) atoms. The number of ketones is 1. The van der Waals surface area contributed by atoms with Crippen molar-refractivity contribution in [3.05, 3.63) is 11.1 Å². The van der Waals surface area contributed by atoms with Crippen LogP contribution in [0.5, 0.6) is 0 Å². The van der Waals surface area contributed by atoms with Gasteiger partial charge in [0.05, 0.1) is 12.0 Å². The number of fused-ring (bicyclic) bond motifs is 1. The molecular formula is C23H29FO6. The lowest BCUT2D eigenvalue weighted by Gasteiger charge is -2.82. The van der Waals surface area contributed by atoms with E-state index in [1.807, 2.05) is 6.92 Å². The largest absolute Gasteiger partial charge is 0.453 e. The minimum absolute atomic E-state index is 0.0111. The van der Waals surface area contributed by atoms with Gasteiger partial charge in [-0.3, -0.25) is 14.4 Å². The third-order valence-electron chi connectivity index (χ3n) is 9.44. The number of hydrogen-bond acceptors (Lipinski definition) is 6. The quantitative estimate of drug-likeness (QED) is 0.505. The fourth-order valence-electron chi connectivity index (χ4n) is 8.30. The van der Waals surface area contributed by atoms with E-state index in [9.17, 15) is 14.4 Å². The van der Waals surface area contributed by atoms with Gasteiger partial charge in [-0.2, -0.15) is 0 Å². The number of carbonyl (C=O) groups is 3. The second kappa shape index (κ2) is 5.72. The third-order valence-corrected chi connectivity index (χ3v) is 9.44. The Morgan fingerprint density at radius 2 is 1.87 bits per heavy atom. The number of rotatable bonds is 2. The van der Waals surface area contributed by atoms with E-state index in [2.05, 4.69) is 6.92 Å². The summed E-state index contributed by atoms with van der Waals surface area (Å²) in [5.41, 5.74) is -2.19. The zero-order valence-corrected chi connectivity index (χ0v) is 18.2. The lowest BCUT2D eigenvalue weighted by atomic mass is 9.23. The molecule has 0 aromatic rings. The molecule has 0 aromatic carbocycles. The number of allylic oxidation sites excluding steroid dienone is 1. The smallest absolute Gasteiger partial charge is 0.303 e. The van der Waals surface area contributed by atoms with Gasteiger partial charge in [0, 0.05) is 31.1 Å². The summed E-state index contributed by atoms with van der Waals surface area (Å²) in [5, 5.41) is 0. The number of alkyl halides is 1. The predicted molar refractivity (Wildman–Crippen MR) is 103 cm³/mol. The van der Waals surface area contributed by atoms with Crippen LogP contribution in [0.25, 0.3) is 0 Å². The van der Waals surface area contributed by atoms with E-state index in [4.69, 9.17) is 14.2 Å². The molecule has 2 unspecified atom stereocenters. The first-order valence-electron chi connectivity index (χ1n) is 10.8. The van der Waals surface area contributed by atoms with Crippen molar-refractivity contribution in [3.63, 3.8) is 0 Å². The summed E-state index contributed by atoms with van der Waals surface area (Å²) in [6.07, 6.45) is -0.802. The van der Waals surface area contributed by atoms with Crippen LogP contribution in [0.4, 0.5) is 4.39 Å². The second-order valence-corrected chi connectivity index (χ2v) is 10.3. The van der Waals surface area contributed by atoms with Gasteiger partial charge < -0.3 is 14.2 Å². The number of ether oxygens (including phenoxy) is 3. The molecular weight excluding hydrogens is 391 g/mol. The van der Waals surface area contributed by atoms with Gasteiger partial charge in [-0.1, -0.05) is 12.5 Å². The van der Waals surface area contributed by atoms with Crippen molar-refractivity contribution in [2.75, 3.05) is 6.61 Å². The molecule has 5 aliphatic rings. The van der Waals surface area contributed by atoms with E-state index in [1.54, 1.807) is 6.92 Å². The monoisotopic (exact) mass is 420 g/mol. The lowest BCUT2D eigenvalue weighted by molar-refractivity contribution is -0.408. The van der Waals surface area contributed by atoms with Crippen LogP contribution in [0.15, 0.2) is 11.1 Å². The van der Waals surface area contributed by atoms with E-state index in [1.165, 1.54) is 13.8 Å². The maximum absolute atomic E-state index is 15.9. The van der Waals surface area contributed by atoms with Gasteiger partial charge in [-0.25, -0.2) is 4.39 Å². The molecule has 1 spiro atoms. The highest BCUT2D eigenvalue weighted by Crippen LogP contribution is 2.84. The second-order valence-electron chi connectivity index (χ2n) is 10.3. The van der Waals surface area contributed by atoms with Crippen molar-refractivity contribution in [3.8, 4) is 0 Å². The Morgan fingerprint density at radius 3 is 2.43 bits per heavy atom. The Kier molecular flexibility index (Phi) is 3.85. The summed E-state index contributed by atoms with van der Waals surface area (Å²) in [6.45, 7) is 8.50. The van der Waals surface area contributed by atoms with Gasteiger partial charge >= 0.3 is 11.9 Å². The predicted octanol–water partition coefficient (Wildman–Crippen LogP) is 3.07. The van der Waals surface area contributed by atoms with Crippen LogP contribution in [0.2, 0.25) is 0 Å². The van der Waals surface area contributed by atoms with Crippen molar-refractivity contribution in [2.24, 2.45) is 22.2 Å². The normalized spacial score (nSPS) is 50.9. The summed E-state index contributed by atoms with van der Waals surface area (Å²) < 4.78 is 33.3. The van der Waals surface area contributed by atoms with Crippen LogP contribution >= 0.6 is 0 Å². The average Bonchev–Trinajstić information content (AvgIpc) is 2.64. The highest BCUT2D eigenvalue weighted by Gasteiger charge is 2.90. The fraction of sp³-hybridized carbons (Fsp3) is 0.783. The maximum Gasteiger partial charge on any atom is 0.303 e. The van der Waals surface area contributed by atoms with Gasteiger partial charge in [0.2, 0.25) is 0 Å². The van der Waals surface area contributed by atoms with Gasteiger partial charge in [0.25, 0.3) is 0 Å². The van der Waals surface area contributed by atoms with E-state index in [-0.39, 0.29) is 18.9 Å². The molecule has 0 amide bonds. The summed E-state index contributed by atoms with van der Waals surface area (Å²) in [6, 6.07) is 0. The van der Waals surface area contributed by atoms with E-state index in [0.29, 0.717) is 6.42 Å². The van der Waals surface area contributed by atoms with Crippen LogP contribution in [-0.4, -0.2) is 48.3 Å². The molecule has 1 saturated heterocycles. The van der Waals surface area contributed by atoms with Crippen LogP contribution < -0.4 is 0 Å². The van der Waals surface area contributed by atoms with Gasteiger partial charge in [-0.15, -0.1) is 0 Å². The van der Waals surface area contributed by atoms with Crippen LogP contribution in [0.1, 0.15) is 60.3 Å². The number of esters is 2. The van der Waals surface area contributed by atoms with E-state index in [0.717, 1.165) is 24.0 Å². The Morgan fingerprint density at radius 1 is 1.17 bits per heavy atom. The maximum atomic E-state index is 15.9. The molecule has 6 nitrogen and oxygen atoms in total. The van der Waals surface area contributed by atoms with Crippen LogP contribution in [0.3, 0.4) is 0 Å². The lowest BCUT2D eigenvalue weighted by Crippen LogP contribution is -2.90. The minimum atomic E-state index is -1.47. The zero-order chi connectivity index (χ0) is 21.9. The standard InChI is InChI=1S/C23H29FO6/c1-11-6-7-14-9-23-20(14,4)17(11)18(29-12(2)25)19(27)21(23,5)15(24)8-16-22(23,10-28-16)30-13(3)26/h14-16,18H,6-10H2,1-5H3/t14-,15?,16+,18+,20+,21-,22-,23?/m0/s1. The highest BCUT2D eigenvalue weighted by molar-refractivity contribution is 5.97. The Bertz CT molecular complexity index is 911. The first-order valence-corrected chi connectivity index (χ1v) is 10.8. The Labute approximate surface area is 175 Å². The van der Waals surface area contributed by atoms with E-state index < -0.39 is 57.9 Å². The molecule has 1 heterocycles. The highest BCUT2D eigenvalue weighted by atomic mass is 19.1. The summed E-state index contributed by atoms with van der Waals surface area (Å²) >= 11 is 0. The molecule has 164 valence electrons. The number of carbonyl (C=O) groups excluding carboxylic acids is 3. The van der Waals surface area contributed by atoms with Crippen molar-refractivity contribution >= 4 is 17.7 Å². The minimum Gasteiger partial charge on any atom is -0.453 e. The molecule has 4 aliphatic carbocycles. The summed E-state index contributed by atoms with van der Waals surface area (Å²) in [4.78, 5) is 38.1. The van der Waals surface area contributed by atoms with Gasteiger partial charge in [0.1, 0.15) is 12.3 Å². The summed E-state index contributed by atoms with van der Waals surface area (Å²) in [7, 11) is 0. The van der Waals surface area contributed by atoms with Crippen molar-refractivity contribution in [1.82, 2.24) is 0 Å². The number of halogens is 1. The van der Waals surface area contributed by atoms with Crippen molar-refractivity contribution < 1.29 is 33.0 Å². The third kappa shape index (κ3) is 1.80. The molecule has 3 saturated carbocycles. The Balaban J connectivity index is 1.80. The molecule has 0 bridgehead atoms. The molecule has 7 heteroatoms. The molecule has 1 aliphatic heterocycles. The molecule has 0 aromatic heterocycles. The van der Waals surface area contributed by atoms with Gasteiger partial charge in [0.15, 0.2) is 17.5 Å². The van der Waals surface area contributed by atoms with Crippen LogP contribution in [-0.2, 0) is 28.6 Å². The molecule has 4 fully saturated rings. The molecule has 0 radical (unpaired) electrons. The fourth-order valence-corrected chi connectivity index (χ4v) is 8.30. The first-order chi connectivity index (χ1) is 14.0. The van der Waals surface area contributed by atoms with Crippen molar-refractivity contribution in [1.29, 1.82) is 0 Å².